The maximum absolute atomic E-state index is 13.1. The summed E-state index contributed by atoms with van der Waals surface area (Å²) in [4.78, 5) is 32.6. The first-order valence-corrected chi connectivity index (χ1v) is 13.8. The van der Waals surface area contributed by atoms with Crippen molar-refractivity contribution in [2.75, 3.05) is 31.6 Å². The Balaban J connectivity index is 1.31. The van der Waals surface area contributed by atoms with Gasteiger partial charge in [0, 0.05) is 34.6 Å². The topological polar surface area (TPSA) is 71.5 Å². The third-order valence-electron chi connectivity index (χ3n) is 5.73. The van der Waals surface area contributed by atoms with Crippen molar-refractivity contribution in [1.29, 1.82) is 0 Å². The van der Waals surface area contributed by atoms with Crippen molar-refractivity contribution < 1.29 is 14.3 Å². The Morgan fingerprint density at radius 2 is 1.72 bits per heavy atom. The molecule has 0 atom stereocenters. The molecule has 1 saturated heterocycles. The fraction of sp³-hybridized carbons (Fsp3) is 0.192. The Bertz CT molecular complexity index is 1420. The Morgan fingerprint density at radius 1 is 1.00 bits per heavy atom. The number of nitrogens with one attached hydrogen (secondary N) is 1. The molecule has 6 nitrogen and oxygen atoms in total. The van der Waals surface area contributed by atoms with Gasteiger partial charge in [-0.1, -0.05) is 53.2 Å². The summed E-state index contributed by atoms with van der Waals surface area (Å²) in [6, 6.07) is 17.9. The summed E-state index contributed by atoms with van der Waals surface area (Å²) in [6.07, 6.45) is 0. The van der Waals surface area contributed by atoms with Crippen LogP contribution in [0.3, 0.4) is 0 Å². The minimum Gasteiger partial charge on any atom is -0.378 e. The highest BCUT2D eigenvalue weighted by atomic mass is 35.5. The zero-order valence-electron chi connectivity index (χ0n) is 19.0. The van der Waals surface area contributed by atoms with E-state index < -0.39 is 0 Å². The molecule has 1 aromatic heterocycles. The molecule has 0 bridgehead atoms. The van der Waals surface area contributed by atoms with Gasteiger partial charge in [-0.15, -0.1) is 11.3 Å². The molecule has 184 valence electrons. The Kier molecular flexibility index (Phi) is 7.79. The molecule has 0 radical (unpaired) electrons. The Morgan fingerprint density at radius 3 is 2.47 bits per heavy atom. The lowest BCUT2D eigenvalue weighted by Crippen LogP contribution is -2.41. The smallest absolute Gasteiger partial charge is 0.256 e. The van der Waals surface area contributed by atoms with E-state index in [0.717, 1.165) is 20.1 Å². The number of amides is 2. The van der Waals surface area contributed by atoms with Gasteiger partial charge in [0.2, 0.25) is 0 Å². The number of thioether (sulfide) groups is 1. The quantitative estimate of drug-likeness (QED) is 0.270. The third-order valence-corrected chi connectivity index (χ3v) is 8.62. The highest BCUT2D eigenvalue weighted by Crippen LogP contribution is 2.36. The number of hydrogen-bond acceptors (Lipinski definition) is 6. The molecule has 10 heteroatoms. The molecule has 4 aromatic rings. The fourth-order valence-corrected chi connectivity index (χ4v) is 6.70. The number of carbonyl (C=O) groups is 2. The van der Waals surface area contributed by atoms with Gasteiger partial charge >= 0.3 is 0 Å². The van der Waals surface area contributed by atoms with E-state index in [-0.39, 0.29) is 11.8 Å². The summed E-state index contributed by atoms with van der Waals surface area (Å²) < 4.78 is 7.16. The summed E-state index contributed by atoms with van der Waals surface area (Å²) in [6.45, 7) is 2.03. The molecule has 0 spiro atoms. The van der Waals surface area contributed by atoms with Gasteiger partial charge in [-0.05, 0) is 48.0 Å². The van der Waals surface area contributed by atoms with Crippen LogP contribution in [0.5, 0.6) is 0 Å². The van der Waals surface area contributed by atoms with Crippen molar-refractivity contribution in [1.82, 2.24) is 9.88 Å². The number of thiazole rings is 1. The highest BCUT2D eigenvalue weighted by molar-refractivity contribution is 8.00. The van der Waals surface area contributed by atoms with Crippen LogP contribution in [0, 0.1) is 0 Å². The zero-order chi connectivity index (χ0) is 25.1. The minimum absolute atomic E-state index is 0.165. The number of halogens is 2. The van der Waals surface area contributed by atoms with Gasteiger partial charge in [-0.3, -0.25) is 9.59 Å². The molecule has 0 saturated carbocycles. The number of rotatable bonds is 6. The van der Waals surface area contributed by atoms with Crippen LogP contribution in [-0.4, -0.2) is 48.0 Å². The molecule has 0 unspecified atom stereocenters. The number of morpholine rings is 1. The van der Waals surface area contributed by atoms with Gasteiger partial charge in [0.15, 0.2) is 4.34 Å². The number of benzene rings is 3. The standard InChI is InChI=1S/C26H21Cl2N3O3S2/c27-20-6-3-7-21(28)19(20)15-35-26-30-22-9-8-16(14-23(22)36-26)29-24(32)17-4-1-2-5-18(17)25(33)31-10-12-34-13-11-31/h1-9,14H,10-13,15H2,(H,29,32). The van der Waals surface area contributed by atoms with Crippen LogP contribution in [0.15, 0.2) is 65.0 Å². The van der Waals surface area contributed by atoms with Crippen LogP contribution in [-0.2, 0) is 10.5 Å². The maximum Gasteiger partial charge on any atom is 0.256 e. The summed E-state index contributed by atoms with van der Waals surface area (Å²) in [5.41, 5.74) is 3.08. The number of carbonyl (C=O) groups excluding carboxylic acids is 2. The molecule has 1 N–H and O–H groups in total. The number of anilines is 1. The second kappa shape index (κ2) is 11.2. The fourth-order valence-electron chi connectivity index (χ4n) is 3.85. The van der Waals surface area contributed by atoms with Crippen molar-refractivity contribution in [3.8, 4) is 0 Å². The van der Waals surface area contributed by atoms with E-state index >= 15 is 0 Å². The van der Waals surface area contributed by atoms with Crippen molar-refractivity contribution in [3.05, 3.63) is 87.4 Å². The monoisotopic (exact) mass is 557 g/mol. The van der Waals surface area contributed by atoms with E-state index in [1.165, 1.54) is 11.3 Å². The SMILES string of the molecule is O=C(Nc1ccc2nc(SCc3c(Cl)cccc3Cl)sc2c1)c1ccccc1C(=O)N1CCOCC1. The lowest BCUT2D eigenvalue weighted by molar-refractivity contribution is 0.0302. The predicted molar refractivity (Wildman–Crippen MR) is 147 cm³/mol. The van der Waals surface area contributed by atoms with Gasteiger partial charge in [-0.25, -0.2) is 4.98 Å². The van der Waals surface area contributed by atoms with Gasteiger partial charge in [-0.2, -0.15) is 0 Å². The first-order valence-electron chi connectivity index (χ1n) is 11.2. The molecular formula is C26H21Cl2N3O3S2. The van der Waals surface area contributed by atoms with Crippen molar-refractivity contribution in [2.45, 2.75) is 10.1 Å². The average Bonchev–Trinajstić information content (AvgIpc) is 3.30. The van der Waals surface area contributed by atoms with Gasteiger partial charge in [0.05, 0.1) is 34.6 Å². The normalized spacial score (nSPS) is 13.7. The molecule has 0 aliphatic carbocycles. The first-order chi connectivity index (χ1) is 17.5. The zero-order valence-corrected chi connectivity index (χ0v) is 22.1. The van der Waals surface area contributed by atoms with E-state index in [1.54, 1.807) is 40.9 Å². The highest BCUT2D eigenvalue weighted by Gasteiger charge is 2.23. The van der Waals surface area contributed by atoms with Gasteiger partial charge in [0.1, 0.15) is 0 Å². The largest absolute Gasteiger partial charge is 0.378 e. The van der Waals surface area contributed by atoms with E-state index in [2.05, 4.69) is 10.3 Å². The average molecular weight is 559 g/mol. The van der Waals surface area contributed by atoms with Crippen LogP contribution in [0.2, 0.25) is 10.0 Å². The minimum atomic E-state index is -0.334. The van der Waals surface area contributed by atoms with E-state index in [9.17, 15) is 9.59 Å². The van der Waals surface area contributed by atoms with Crippen LogP contribution in [0.1, 0.15) is 26.3 Å². The van der Waals surface area contributed by atoms with Crippen LogP contribution < -0.4 is 5.32 Å². The summed E-state index contributed by atoms with van der Waals surface area (Å²) in [5, 5.41) is 4.20. The van der Waals surface area contributed by atoms with Crippen molar-refractivity contribution >= 4 is 74.0 Å². The second-order valence-corrected chi connectivity index (χ2v) is 11.1. The Hall–Kier alpha value is -2.62. The molecule has 2 heterocycles. The number of aromatic nitrogens is 1. The molecule has 1 fully saturated rings. The van der Waals surface area contributed by atoms with E-state index in [4.69, 9.17) is 27.9 Å². The summed E-state index contributed by atoms with van der Waals surface area (Å²) >= 11 is 15.7. The molecule has 3 aromatic carbocycles. The lowest BCUT2D eigenvalue weighted by Gasteiger charge is -2.27. The number of hydrogen-bond donors (Lipinski definition) is 1. The summed E-state index contributed by atoms with van der Waals surface area (Å²) in [7, 11) is 0. The molecule has 1 aliphatic rings. The van der Waals surface area contributed by atoms with Crippen LogP contribution >= 0.6 is 46.3 Å². The maximum atomic E-state index is 13.1. The molecule has 2 amide bonds. The molecule has 36 heavy (non-hydrogen) atoms. The predicted octanol–water partition coefficient (Wildman–Crippen LogP) is 6.62. The van der Waals surface area contributed by atoms with Crippen molar-refractivity contribution in [2.24, 2.45) is 0 Å². The van der Waals surface area contributed by atoms with Crippen LogP contribution in [0.25, 0.3) is 10.2 Å². The molecule has 1 aliphatic heterocycles. The van der Waals surface area contributed by atoms with Crippen LogP contribution in [0.4, 0.5) is 5.69 Å². The van der Waals surface area contributed by atoms with Crippen molar-refractivity contribution in [3.63, 3.8) is 0 Å². The second-order valence-electron chi connectivity index (χ2n) is 8.06. The third kappa shape index (κ3) is 5.53. The first kappa shape index (κ1) is 25.0. The van der Waals surface area contributed by atoms with E-state index in [1.807, 2.05) is 36.4 Å². The molecular weight excluding hydrogens is 537 g/mol. The van der Waals surface area contributed by atoms with E-state index in [0.29, 0.717) is 58.9 Å². The number of fused-ring (bicyclic) bond motifs is 1. The molecule has 5 rings (SSSR count). The lowest BCUT2D eigenvalue weighted by atomic mass is 10.0. The number of ether oxygens (including phenoxy) is 1. The van der Waals surface area contributed by atoms with Gasteiger partial charge in [0.25, 0.3) is 11.8 Å². The van der Waals surface area contributed by atoms with Gasteiger partial charge < -0.3 is 15.0 Å². The Labute approximate surface area is 226 Å². The number of nitrogens with zero attached hydrogens (tertiary/aromatic N) is 2. The summed E-state index contributed by atoms with van der Waals surface area (Å²) in [5.74, 6) is 0.108.